The Bertz CT molecular complexity index is 1330. The Morgan fingerprint density at radius 2 is 1.74 bits per heavy atom. The summed E-state index contributed by atoms with van der Waals surface area (Å²) in [7, 11) is 0. The highest BCUT2D eigenvalue weighted by molar-refractivity contribution is 5.94. The van der Waals surface area contributed by atoms with E-state index in [0.717, 1.165) is 52.4 Å². The number of aromatic nitrogens is 2. The molecule has 198 valence electrons. The van der Waals surface area contributed by atoms with E-state index in [-0.39, 0.29) is 5.91 Å². The molecular weight excluding hydrogens is 474 g/mol. The fraction of sp³-hybridized carbons (Fsp3) is 0.312. The highest BCUT2D eigenvalue weighted by Crippen LogP contribution is 2.29. The average Bonchev–Trinajstić information content (AvgIpc) is 3.36. The summed E-state index contributed by atoms with van der Waals surface area (Å²) in [6.07, 6.45) is 3.94. The van der Waals surface area contributed by atoms with E-state index in [1.165, 1.54) is 0 Å². The number of rotatable bonds is 12. The first kappa shape index (κ1) is 27.0. The highest BCUT2D eigenvalue weighted by Gasteiger charge is 2.15. The van der Waals surface area contributed by atoms with Crippen molar-refractivity contribution in [3.8, 4) is 28.4 Å². The number of nitrogens with zero attached hydrogens (tertiary/aromatic N) is 2. The fourth-order valence-corrected chi connectivity index (χ4v) is 4.06. The maximum absolute atomic E-state index is 12.9. The van der Waals surface area contributed by atoms with Crippen molar-refractivity contribution in [2.24, 2.45) is 5.92 Å². The normalized spacial score (nSPS) is 11.0. The maximum Gasteiger partial charge on any atom is 0.251 e. The summed E-state index contributed by atoms with van der Waals surface area (Å²) >= 11 is 0. The van der Waals surface area contributed by atoms with Gasteiger partial charge in [0.1, 0.15) is 11.5 Å². The second-order valence-electron chi connectivity index (χ2n) is 9.85. The summed E-state index contributed by atoms with van der Waals surface area (Å²) in [5.41, 5.74) is 5.34. The van der Waals surface area contributed by atoms with Crippen LogP contribution in [0.5, 0.6) is 11.5 Å². The predicted octanol–water partition coefficient (Wildman–Crippen LogP) is 6.99. The van der Waals surface area contributed by atoms with Crippen LogP contribution in [-0.4, -0.2) is 28.9 Å². The van der Waals surface area contributed by atoms with Crippen molar-refractivity contribution >= 4 is 5.91 Å². The summed E-state index contributed by atoms with van der Waals surface area (Å²) in [5.74, 6) is 2.11. The molecule has 1 aromatic heterocycles. The molecule has 0 bridgehead atoms. The van der Waals surface area contributed by atoms with E-state index >= 15 is 0 Å². The van der Waals surface area contributed by atoms with Crippen LogP contribution in [0.15, 0.2) is 79.0 Å². The van der Waals surface area contributed by atoms with Gasteiger partial charge < -0.3 is 14.8 Å². The Kier molecular flexibility index (Phi) is 9.20. The Balaban J connectivity index is 1.55. The number of nitrogens with one attached hydrogen (secondary N) is 1. The zero-order valence-corrected chi connectivity index (χ0v) is 22.7. The third-order valence-corrected chi connectivity index (χ3v) is 6.24. The minimum Gasteiger partial charge on any atom is -0.494 e. The van der Waals surface area contributed by atoms with E-state index < -0.39 is 0 Å². The van der Waals surface area contributed by atoms with Gasteiger partial charge in [-0.1, -0.05) is 39.0 Å². The molecule has 0 aliphatic carbocycles. The van der Waals surface area contributed by atoms with Gasteiger partial charge in [0.25, 0.3) is 5.91 Å². The van der Waals surface area contributed by atoms with Crippen LogP contribution in [0.1, 0.15) is 55.1 Å². The minimum absolute atomic E-state index is 0.143. The number of para-hydroxylation sites is 1. The van der Waals surface area contributed by atoms with Gasteiger partial charge >= 0.3 is 0 Å². The molecule has 1 heterocycles. The quantitative estimate of drug-likeness (QED) is 0.223. The van der Waals surface area contributed by atoms with Crippen molar-refractivity contribution in [3.05, 3.63) is 95.7 Å². The van der Waals surface area contributed by atoms with Gasteiger partial charge in [-0.25, -0.2) is 4.68 Å². The summed E-state index contributed by atoms with van der Waals surface area (Å²) in [5, 5.41) is 7.97. The molecule has 1 N–H and O–H groups in total. The molecule has 0 fully saturated rings. The first-order valence-corrected chi connectivity index (χ1v) is 13.3. The number of hydrogen-bond acceptors (Lipinski definition) is 4. The van der Waals surface area contributed by atoms with E-state index in [4.69, 9.17) is 14.6 Å². The van der Waals surface area contributed by atoms with Gasteiger partial charge in [0, 0.05) is 29.4 Å². The number of hydrogen-bond donors (Lipinski definition) is 1. The fourth-order valence-electron chi connectivity index (χ4n) is 4.06. The van der Waals surface area contributed by atoms with Crippen LogP contribution in [-0.2, 0) is 6.54 Å². The molecule has 0 unspecified atom stereocenters. The van der Waals surface area contributed by atoms with Crippen molar-refractivity contribution < 1.29 is 14.3 Å². The van der Waals surface area contributed by atoms with Crippen LogP contribution in [0.2, 0.25) is 0 Å². The third-order valence-electron chi connectivity index (χ3n) is 6.24. The Morgan fingerprint density at radius 1 is 0.974 bits per heavy atom. The largest absolute Gasteiger partial charge is 0.494 e. The lowest BCUT2D eigenvalue weighted by Gasteiger charge is -2.12. The highest BCUT2D eigenvalue weighted by atomic mass is 16.5. The summed E-state index contributed by atoms with van der Waals surface area (Å²) < 4.78 is 13.5. The molecule has 0 atom stereocenters. The van der Waals surface area contributed by atoms with Crippen molar-refractivity contribution in [3.63, 3.8) is 0 Å². The van der Waals surface area contributed by atoms with Crippen molar-refractivity contribution in [1.82, 2.24) is 15.1 Å². The smallest absolute Gasteiger partial charge is 0.251 e. The molecule has 0 saturated heterocycles. The second-order valence-corrected chi connectivity index (χ2v) is 9.85. The van der Waals surface area contributed by atoms with Crippen molar-refractivity contribution in [2.75, 3.05) is 13.2 Å². The molecule has 4 rings (SSSR count). The van der Waals surface area contributed by atoms with E-state index in [0.29, 0.717) is 31.2 Å². The number of ether oxygens (including phenoxy) is 2. The second kappa shape index (κ2) is 13.0. The molecule has 0 radical (unpaired) electrons. The van der Waals surface area contributed by atoms with E-state index in [2.05, 4.69) is 39.1 Å². The lowest BCUT2D eigenvalue weighted by atomic mass is 10.0. The number of carbonyl (C=O) groups excluding carboxylic acids is 1. The van der Waals surface area contributed by atoms with Crippen LogP contribution < -0.4 is 14.8 Å². The van der Waals surface area contributed by atoms with Crippen LogP contribution >= 0.6 is 0 Å². The summed E-state index contributed by atoms with van der Waals surface area (Å²) in [6.45, 7) is 10.2. The first-order valence-electron chi connectivity index (χ1n) is 13.3. The molecule has 0 spiro atoms. The van der Waals surface area contributed by atoms with Gasteiger partial charge in [0.15, 0.2) is 0 Å². The number of benzene rings is 3. The first-order chi connectivity index (χ1) is 18.4. The Morgan fingerprint density at radius 3 is 2.42 bits per heavy atom. The van der Waals surface area contributed by atoms with E-state index in [1.54, 1.807) is 12.1 Å². The van der Waals surface area contributed by atoms with Crippen LogP contribution in [0.25, 0.3) is 16.9 Å². The number of carbonyl (C=O) groups is 1. The predicted molar refractivity (Wildman–Crippen MR) is 152 cm³/mol. The third kappa shape index (κ3) is 7.03. The van der Waals surface area contributed by atoms with Gasteiger partial charge in [-0.15, -0.1) is 0 Å². The van der Waals surface area contributed by atoms with Crippen molar-refractivity contribution in [2.45, 2.75) is 47.1 Å². The topological polar surface area (TPSA) is 65.4 Å². The van der Waals surface area contributed by atoms with Gasteiger partial charge in [-0.2, -0.15) is 5.10 Å². The molecule has 0 aliphatic rings. The monoisotopic (exact) mass is 511 g/mol. The number of aryl methyl sites for hydroxylation is 1. The van der Waals surface area contributed by atoms with Gasteiger partial charge in [0.2, 0.25) is 0 Å². The average molecular weight is 512 g/mol. The standard InChI is InChI=1S/C32H37N3O3/c1-5-18-37-29-14-11-25(12-15-29)32(36)33-21-27-22-35(28-9-7-6-8-10-28)34-31(27)26-13-16-30(24(4)20-26)38-19-17-23(2)3/h6-16,20,22-23H,5,17-19,21H2,1-4H3,(H,33,36). The van der Waals surface area contributed by atoms with Crippen LogP contribution in [0, 0.1) is 12.8 Å². The van der Waals surface area contributed by atoms with Crippen LogP contribution in [0.3, 0.4) is 0 Å². The summed E-state index contributed by atoms with van der Waals surface area (Å²) in [4.78, 5) is 12.9. The maximum atomic E-state index is 12.9. The number of amides is 1. The lowest BCUT2D eigenvalue weighted by Crippen LogP contribution is -2.22. The molecule has 38 heavy (non-hydrogen) atoms. The van der Waals surface area contributed by atoms with E-state index in [9.17, 15) is 4.79 Å². The molecule has 3 aromatic carbocycles. The Labute approximate surface area is 225 Å². The van der Waals surface area contributed by atoms with Crippen molar-refractivity contribution in [1.29, 1.82) is 0 Å². The molecule has 4 aromatic rings. The Hall–Kier alpha value is -4.06. The van der Waals surface area contributed by atoms with Gasteiger partial charge in [-0.3, -0.25) is 4.79 Å². The minimum atomic E-state index is -0.143. The van der Waals surface area contributed by atoms with Crippen LogP contribution in [0.4, 0.5) is 0 Å². The molecule has 6 heteroatoms. The zero-order valence-electron chi connectivity index (χ0n) is 22.7. The molecule has 0 saturated carbocycles. The van der Waals surface area contributed by atoms with Gasteiger partial charge in [-0.05, 0) is 85.8 Å². The molecule has 0 aliphatic heterocycles. The molecular formula is C32H37N3O3. The zero-order chi connectivity index (χ0) is 26.9. The van der Waals surface area contributed by atoms with E-state index in [1.807, 2.05) is 65.5 Å². The lowest BCUT2D eigenvalue weighted by molar-refractivity contribution is 0.0951. The SMILES string of the molecule is CCCOc1ccc(C(=O)NCc2cn(-c3ccccc3)nc2-c2ccc(OCCC(C)C)c(C)c2)cc1. The molecule has 6 nitrogen and oxygen atoms in total. The molecule has 1 amide bonds. The van der Waals surface area contributed by atoms with Gasteiger partial charge in [0.05, 0.1) is 24.6 Å². The summed E-state index contributed by atoms with van der Waals surface area (Å²) in [6, 6.07) is 23.4.